The maximum Gasteiger partial charge on any atom is 0.501 e. The number of sulfonamides is 1. The van der Waals surface area contributed by atoms with E-state index in [4.69, 9.17) is 11.6 Å². The Bertz CT molecular complexity index is 4480. The molecule has 1 unspecified atom stereocenters. The highest BCUT2D eigenvalue weighted by atomic mass is 35.5. The molecule has 4 aliphatic heterocycles. The summed E-state index contributed by atoms with van der Waals surface area (Å²) < 4.78 is 101. The van der Waals surface area contributed by atoms with Crippen LogP contribution in [0.2, 0.25) is 5.02 Å². The van der Waals surface area contributed by atoms with Gasteiger partial charge in [0.05, 0.1) is 38.8 Å². The van der Waals surface area contributed by atoms with E-state index in [9.17, 15) is 59.1 Å². The summed E-state index contributed by atoms with van der Waals surface area (Å²) >= 11 is 9.22. The lowest BCUT2D eigenvalue weighted by Crippen LogP contribution is -2.57. The number of thioether (sulfide) groups is 1. The second-order valence-corrected chi connectivity index (χ2v) is 37.2. The van der Waals surface area contributed by atoms with Gasteiger partial charge in [-0.15, -0.1) is 23.1 Å². The van der Waals surface area contributed by atoms with Crippen molar-refractivity contribution in [1.29, 1.82) is 0 Å². The molecule has 0 radical (unpaired) electrons. The predicted octanol–water partition coefficient (Wildman–Crippen LogP) is 13.1. The van der Waals surface area contributed by atoms with Crippen LogP contribution in [-0.4, -0.2) is 183 Å². The number of nitrogens with one attached hydrogen (secondary N) is 4. The van der Waals surface area contributed by atoms with E-state index in [0.717, 1.165) is 102 Å². The standard InChI is InChI=1S/C80H100ClF3N10O10S4/c1-52(54-19-21-56(22-20-54)73-53(2)85-51-106-73)86-76(99)69-44-63(95)49-94(69)77(100)74(78(3,4)5)88-71(96)17-13-8-9-14-18-72(97)92-40-37-90(38-41-92)36-34-61(50-105-64-15-11-10-12-16-64)87-67-31-30-65(45-70(67)107(101,102)80(82,83)84)108(103,104)89-75(98)58-26-32-68-57(43-58)25-29-62-48-91(39-42-93(62)68)47-59-46-79(6,7)35-33-66(59)55-23-27-60(81)28-24-55/h10-12,15-16,19-24,26-28,30-32,43,45,51-52,61-63,69,74,87,95H,8-9,13-14,17-18,25,29,33-42,44,46-50H2,1-7H3,(H,86,99)(H,88,96)(H,89,98)/t52-,61+,62?,63+,69-,74+/m0/s1. The molecule has 6 atom stereocenters. The van der Waals surface area contributed by atoms with Crippen LogP contribution in [0, 0.1) is 17.8 Å². The Kier molecular flexibility index (Phi) is 26.4. The van der Waals surface area contributed by atoms with E-state index < -0.39 is 88.2 Å². The summed E-state index contributed by atoms with van der Waals surface area (Å²) in [5.41, 5.74) is 3.66. The van der Waals surface area contributed by atoms with Crippen LogP contribution in [-0.2, 0) is 45.5 Å². The van der Waals surface area contributed by atoms with Crippen molar-refractivity contribution >= 4 is 101 Å². The van der Waals surface area contributed by atoms with Crippen LogP contribution in [0.5, 0.6) is 0 Å². The lowest BCUT2D eigenvalue weighted by molar-refractivity contribution is -0.144. The summed E-state index contributed by atoms with van der Waals surface area (Å²) in [6.45, 7) is 19.4. The van der Waals surface area contributed by atoms with E-state index in [2.05, 4.69) is 61.6 Å². The predicted molar refractivity (Wildman–Crippen MR) is 419 cm³/mol. The number of thiazole rings is 1. The van der Waals surface area contributed by atoms with Crippen molar-refractivity contribution in [1.82, 2.24) is 39.9 Å². The van der Waals surface area contributed by atoms with Gasteiger partial charge in [0.1, 0.15) is 17.0 Å². The van der Waals surface area contributed by atoms with E-state index >= 15 is 0 Å². The highest BCUT2D eigenvalue weighted by Gasteiger charge is 2.49. The molecular formula is C80H100ClF3N10O10S4. The topological polar surface area (TPSA) is 251 Å². The molecule has 5 heterocycles. The molecule has 5 N–H and O–H groups in total. The molecule has 0 saturated carbocycles. The lowest BCUT2D eigenvalue weighted by Gasteiger charge is -2.47. The zero-order valence-electron chi connectivity index (χ0n) is 62.4. The number of halogens is 4. The maximum atomic E-state index is 14.7. The van der Waals surface area contributed by atoms with E-state index in [1.807, 2.05) is 106 Å². The van der Waals surface area contributed by atoms with Crippen molar-refractivity contribution in [2.45, 2.75) is 188 Å². The van der Waals surface area contributed by atoms with Gasteiger partial charge >= 0.3 is 5.51 Å². The number of aliphatic hydroxyl groups excluding tert-OH is 1. The van der Waals surface area contributed by atoms with Gasteiger partial charge in [0.25, 0.3) is 25.8 Å². The first-order valence-electron chi connectivity index (χ1n) is 37.3. The van der Waals surface area contributed by atoms with Crippen molar-refractivity contribution in [2.24, 2.45) is 10.8 Å². The Morgan fingerprint density at radius 3 is 2.18 bits per heavy atom. The van der Waals surface area contributed by atoms with E-state index in [0.29, 0.717) is 88.8 Å². The molecule has 1 aromatic heterocycles. The van der Waals surface area contributed by atoms with E-state index in [1.54, 1.807) is 33.9 Å². The first kappa shape index (κ1) is 81.6. The molecule has 20 nitrogen and oxygen atoms in total. The third-order valence-corrected chi connectivity index (χ3v) is 26.8. The fourth-order valence-electron chi connectivity index (χ4n) is 15.4. The summed E-state index contributed by atoms with van der Waals surface area (Å²) in [7, 11) is -11.1. The van der Waals surface area contributed by atoms with E-state index in [1.165, 1.54) is 39.4 Å². The SMILES string of the molecule is Cc1ncsc1-c1ccc([C@H](C)NC(=O)[C@@H]2C[C@@H](O)CN2C(=O)[C@@H](NC(=O)CCCCCCC(=O)N2CCN(CC[C@H](CSc3ccccc3)Nc3ccc(S(=O)(=O)NC(=O)c4ccc5c(c4)CCC4CN(CC6=C(c7ccc(Cl)cc7)CCC(C)(C)C6)CCN54)cc3S(=O)(=O)C(F)(F)F)CC2)C(C)(C)C)cc1. The van der Waals surface area contributed by atoms with Gasteiger partial charge < -0.3 is 35.8 Å². The number of aliphatic hydroxyl groups is 1. The quantitative estimate of drug-likeness (QED) is 0.0226. The summed E-state index contributed by atoms with van der Waals surface area (Å²) in [5, 5.41) is 20.5. The van der Waals surface area contributed by atoms with Crippen molar-refractivity contribution in [3.63, 3.8) is 0 Å². The fourth-order valence-corrected chi connectivity index (χ4v) is 19.3. The van der Waals surface area contributed by atoms with Gasteiger partial charge in [-0.3, -0.25) is 33.8 Å². The number of amides is 5. The lowest BCUT2D eigenvalue weighted by atomic mass is 9.72. The number of hydrogen-bond donors (Lipinski definition) is 5. The normalized spacial score (nSPS) is 19.6. The van der Waals surface area contributed by atoms with Crippen LogP contribution in [0.4, 0.5) is 24.5 Å². The first-order valence-corrected chi connectivity index (χ1v) is 42.6. The minimum Gasteiger partial charge on any atom is -0.391 e. The number of carbonyl (C=O) groups is 5. The second kappa shape index (κ2) is 34.9. The molecule has 1 aliphatic carbocycles. The molecule has 3 saturated heterocycles. The van der Waals surface area contributed by atoms with E-state index in [-0.39, 0.29) is 60.0 Å². The Morgan fingerprint density at radius 2 is 1.49 bits per heavy atom. The van der Waals surface area contributed by atoms with Crippen molar-refractivity contribution in [3.8, 4) is 10.4 Å². The average Bonchev–Trinajstić information content (AvgIpc) is 0.982. The molecule has 0 bridgehead atoms. The monoisotopic (exact) mass is 1580 g/mol. The Labute approximate surface area is 646 Å². The van der Waals surface area contributed by atoms with Gasteiger partial charge in [0, 0.05) is 124 Å². The molecular weight excluding hydrogens is 1480 g/mol. The number of fused-ring (bicyclic) bond motifs is 3. The highest BCUT2D eigenvalue weighted by Crippen LogP contribution is 2.44. The number of rotatable bonds is 28. The minimum absolute atomic E-state index is 0.0191. The van der Waals surface area contributed by atoms with Crippen LogP contribution in [0.1, 0.15) is 157 Å². The highest BCUT2D eigenvalue weighted by molar-refractivity contribution is 7.99. The zero-order chi connectivity index (χ0) is 77.5. The van der Waals surface area contributed by atoms with Crippen molar-refractivity contribution in [2.75, 3.05) is 81.4 Å². The fraction of sp³-hybridized carbons (Fsp3) is 0.500. The smallest absolute Gasteiger partial charge is 0.391 e. The number of allylic oxidation sites excluding steroid dienone is 1. The third kappa shape index (κ3) is 20.4. The van der Waals surface area contributed by atoms with Crippen molar-refractivity contribution < 1.29 is 59.1 Å². The minimum atomic E-state index is -6.18. The van der Waals surface area contributed by atoms with Gasteiger partial charge in [-0.2, -0.15) is 13.2 Å². The number of β-amino-alcohol motifs (C(OH)–C–C–N with tert-alkyl or cyclic N) is 1. The van der Waals surface area contributed by atoms with Gasteiger partial charge in [-0.05, 0) is 165 Å². The summed E-state index contributed by atoms with van der Waals surface area (Å²) in [6.07, 6.45) is 6.83. The number of unbranched alkanes of at least 4 members (excludes halogenated alkanes) is 3. The second-order valence-electron chi connectivity index (χ2n) is 31.2. The first-order chi connectivity index (χ1) is 51.2. The molecule has 11 rings (SSSR count). The molecule has 28 heteroatoms. The Balaban J connectivity index is 0.645. The molecule has 5 amide bonds. The Hall–Kier alpha value is -7.37. The summed E-state index contributed by atoms with van der Waals surface area (Å²) in [6, 6.07) is 29.9. The maximum absolute atomic E-state index is 14.7. The number of alkyl halides is 3. The number of likely N-dealkylation sites (tertiary alicyclic amines) is 1. The molecule has 582 valence electrons. The number of benzene rings is 5. The molecule has 0 spiro atoms. The number of hydrogen-bond acceptors (Lipinski definition) is 17. The van der Waals surface area contributed by atoms with Crippen LogP contribution in [0.3, 0.4) is 0 Å². The molecule has 108 heavy (non-hydrogen) atoms. The van der Waals surface area contributed by atoms with Gasteiger partial charge in [-0.1, -0.05) is 119 Å². The molecule has 5 aliphatic rings. The van der Waals surface area contributed by atoms with Crippen LogP contribution in [0.25, 0.3) is 16.0 Å². The molecule has 3 fully saturated rings. The molecule has 6 aromatic rings. The van der Waals surface area contributed by atoms with Crippen LogP contribution < -0.4 is 25.6 Å². The number of sulfone groups is 1. The van der Waals surface area contributed by atoms with Gasteiger partial charge in [0.2, 0.25) is 23.6 Å². The third-order valence-electron chi connectivity index (χ3n) is 21.5. The number of carbonyl (C=O) groups excluding carboxylic acids is 5. The van der Waals surface area contributed by atoms with Crippen LogP contribution in [0.15, 0.2) is 141 Å². The van der Waals surface area contributed by atoms with Crippen molar-refractivity contribution in [3.05, 3.63) is 159 Å². The average molecular weight is 1580 g/mol. The summed E-state index contributed by atoms with van der Waals surface area (Å²) in [4.78, 5) is 83.2. The number of aryl methyl sites for hydroxylation is 2. The Morgan fingerprint density at radius 1 is 0.796 bits per heavy atom. The number of anilines is 2. The number of piperazine rings is 2. The largest absolute Gasteiger partial charge is 0.501 e. The summed E-state index contributed by atoms with van der Waals surface area (Å²) in [5.74, 6) is -1.96. The van der Waals surface area contributed by atoms with Gasteiger partial charge in [0.15, 0.2) is 0 Å². The molecule has 5 aromatic carbocycles. The number of aromatic nitrogens is 1. The number of nitrogens with zero attached hydrogens (tertiary/aromatic N) is 6. The zero-order valence-corrected chi connectivity index (χ0v) is 66.5. The van der Waals surface area contributed by atoms with Gasteiger partial charge in [-0.25, -0.2) is 26.5 Å². The van der Waals surface area contributed by atoms with Crippen LogP contribution >= 0.6 is 34.7 Å².